The van der Waals surface area contributed by atoms with Crippen molar-refractivity contribution in [2.45, 2.75) is 45.5 Å². The van der Waals surface area contributed by atoms with E-state index in [0.29, 0.717) is 18.9 Å². The molecule has 6 nitrogen and oxygen atoms in total. The minimum Gasteiger partial charge on any atom is -0.310 e. The molecule has 18 heavy (non-hydrogen) atoms. The highest BCUT2D eigenvalue weighted by Crippen LogP contribution is 2.15. The summed E-state index contributed by atoms with van der Waals surface area (Å²) in [4.78, 5) is 4.11. The molecule has 0 bridgehead atoms. The van der Waals surface area contributed by atoms with E-state index in [2.05, 4.69) is 15.4 Å². The number of rotatable bonds is 6. The zero-order valence-electron chi connectivity index (χ0n) is 11.5. The Hall–Kier alpha value is -0.950. The van der Waals surface area contributed by atoms with E-state index in [-0.39, 0.29) is 5.75 Å². The summed E-state index contributed by atoms with van der Waals surface area (Å²) in [6, 6.07) is 0. The van der Waals surface area contributed by atoms with Crippen LogP contribution in [0.3, 0.4) is 0 Å². The molecule has 0 aliphatic heterocycles. The molecule has 1 N–H and O–H groups in total. The lowest BCUT2D eigenvalue weighted by molar-refractivity contribution is 0.546. The van der Waals surface area contributed by atoms with Crippen LogP contribution in [0.2, 0.25) is 0 Å². The molecular weight excluding hydrogens is 252 g/mol. The third-order valence-corrected chi connectivity index (χ3v) is 5.23. The number of nitrogens with zero attached hydrogens (tertiary/aromatic N) is 3. The van der Waals surface area contributed by atoms with Crippen molar-refractivity contribution >= 4 is 9.84 Å². The number of aromatic nitrogens is 3. The lowest BCUT2D eigenvalue weighted by Crippen LogP contribution is -2.32. The van der Waals surface area contributed by atoms with Crippen LogP contribution in [0.5, 0.6) is 0 Å². The average molecular weight is 274 g/mol. The molecule has 7 heteroatoms. The normalized spacial score (nSPS) is 12.9. The molecule has 1 aromatic rings. The van der Waals surface area contributed by atoms with E-state index in [9.17, 15) is 8.42 Å². The van der Waals surface area contributed by atoms with Crippen LogP contribution in [0.4, 0.5) is 0 Å². The van der Waals surface area contributed by atoms with Gasteiger partial charge in [0.15, 0.2) is 15.7 Å². The second kappa shape index (κ2) is 5.79. The fourth-order valence-electron chi connectivity index (χ4n) is 1.28. The summed E-state index contributed by atoms with van der Waals surface area (Å²) in [6.45, 7) is 8.94. The molecular formula is C11H22N4O2S. The summed E-state index contributed by atoms with van der Waals surface area (Å²) >= 11 is 0. The minimum absolute atomic E-state index is 0.0838. The first-order valence-corrected chi connectivity index (χ1v) is 7.73. The number of hydrogen-bond acceptors (Lipinski definition) is 5. The molecule has 0 aromatic carbocycles. The summed E-state index contributed by atoms with van der Waals surface area (Å²) in [5, 5.41) is 7.33. The first kappa shape index (κ1) is 15.1. The molecule has 0 saturated heterocycles. The quantitative estimate of drug-likeness (QED) is 0.822. The Balaban J connectivity index is 2.57. The van der Waals surface area contributed by atoms with E-state index in [0.717, 1.165) is 6.54 Å². The molecule has 0 aliphatic rings. The number of hydrogen-bond donors (Lipinski definition) is 1. The van der Waals surface area contributed by atoms with Crippen LogP contribution in [0.1, 0.15) is 33.5 Å². The van der Waals surface area contributed by atoms with Gasteiger partial charge in [-0.1, -0.05) is 6.92 Å². The van der Waals surface area contributed by atoms with Crippen molar-refractivity contribution in [3.05, 3.63) is 12.2 Å². The van der Waals surface area contributed by atoms with Gasteiger partial charge in [0.2, 0.25) is 0 Å². The second-order valence-electron chi connectivity index (χ2n) is 5.14. The van der Waals surface area contributed by atoms with Crippen LogP contribution in [0, 0.1) is 0 Å². The first-order chi connectivity index (χ1) is 8.26. The number of sulfone groups is 1. The Kier molecular flexibility index (Phi) is 4.86. The van der Waals surface area contributed by atoms with Gasteiger partial charge < -0.3 is 5.32 Å². The van der Waals surface area contributed by atoms with E-state index in [1.54, 1.807) is 31.8 Å². The largest absolute Gasteiger partial charge is 0.310 e. The van der Waals surface area contributed by atoms with Crippen LogP contribution in [-0.4, -0.2) is 40.2 Å². The van der Waals surface area contributed by atoms with E-state index < -0.39 is 14.6 Å². The van der Waals surface area contributed by atoms with Crippen LogP contribution in [0.25, 0.3) is 0 Å². The van der Waals surface area contributed by atoms with Gasteiger partial charge in [0.05, 0.1) is 23.6 Å². The van der Waals surface area contributed by atoms with E-state index in [4.69, 9.17) is 0 Å². The maximum Gasteiger partial charge on any atom is 0.164 e. The molecule has 0 amide bonds. The fourth-order valence-corrected chi connectivity index (χ4v) is 2.32. The van der Waals surface area contributed by atoms with Crippen molar-refractivity contribution in [1.29, 1.82) is 0 Å². The molecule has 0 spiro atoms. The second-order valence-corrected chi connectivity index (χ2v) is 8.00. The number of nitrogens with one attached hydrogen (secondary N) is 1. The lowest BCUT2D eigenvalue weighted by Gasteiger charge is -2.18. The number of aryl methyl sites for hydroxylation is 1. The van der Waals surface area contributed by atoms with Gasteiger partial charge in [-0.25, -0.2) is 13.4 Å². The Morgan fingerprint density at radius 2 is 2.06 bits per heavy atom. The van der Waals surface area contributed by atoms with Gasteiger partial charge in [0, 0.05) is 0 Å². The molecule has 1 rings (SSSR count). The third kappa shape index (κ3) is 4.06. The zero-order chi connectivity index (χ0) is 13.8. The minimum atomic E-state index is -3.11. The standard InChI is InChI=1S/C11H22N4O2S/c1-5-12-8-10-13-9-15(14-10)6-7-18(16,17)11(2,3)4/h9,12H,5-8H2,1-4H3. The van der Waals surface area contributed by atoms with E-state index in [1.807, 2.05) is 6.92 Å². The van der Waals surface area contributed by atoms with Crippen molar-refractivity contribution in [1.82, 2.24) is 20.1 Å². The maximum absolute atomic E-state index is 11.9. The highest BCUT2D eigenvalue weighted by molar-refractivity contribution is 7.92. The van der Waals surface area contributed by atoms with Gasteiger partial charge in [-0.15, -0.1) is 0 Å². The molecule has 1 aromatic heterocycles. The topological polar surface area (TPSA) is 76.9 Å². The van der Waals surface area contributed by atoms with Crippen molar-refractivity contribution in [2.24, 2.45) is 0 Å². The fraction of sp³-hybridized carbons (Fsp3) is 0.818. The van der Waals surface area contributed by atoms with Crippen molar-refractivity contribution in [2.75, 3.05) is 12.3 Å². The average Bonchev–Trinajstić information content (AvgIpc) is 2.70. The first-order valence-electron chi connectivity index (χ1n) is 6.07. The van der Waals surface area contributed by atoms with Crippen molar-refractivity contribution in [3.63, 3.8) is 0 Å². The lowest BCUT2D eigenvalue weighted by atomic mass is 10.3. The summed E-state index contributed by atoms with van der Waals surface area (Å²) in [5.74, 6) is 0.769. The molecule has 0 fully saturated rings. The van der Waals surface area contributed by atoms with Gasteiger partial charge in [-0.2, -0.15) is 5.10 Å². The van der Waals surface area contributed by atoms with Gasteiger partial charge >= 0.3 is 0 Å². The van der Waals surface area contributed by atoms with Gasteiger partial charge in [-0.05, 0) is 27.3 Å². The summed E-state index contributed by atoms with van der Waals surface area (Å²) < 4.78 is 24.7. The van der Waals surface area contributed by atoms with Gasteiger partial charge in [0.1, 0.15) is 6.33 Å². The van der Waals surface area contributed by atoms with Gasteiger partial charge in [-0.3, -0.25) is 4.68 Å². The van der Waals surface area contributed by atoms with Crippen LogP contribution >= 0.6 is 0 Å². The monoisotopic (exact) mass is 274 g/mol. The Morgan fingerprint density at radius 1 is 1.39 bits per heavy atom. The Labute approximate surface area is 109 Å². The summed E-state index contributed by atoms with van der Waals surface area (Å²) in [6.07, 6.45) is 1.57. The highest BCUT2D eigenvalue weighted by atomic mass is 32.2. The third-order valence-electron chi connectivity index (χ3n) is 2.64. The predicted molar refractivity (Wildman–Crippen MR) is 70.9 cm³/mol. The molecule has 104 valence electrons. The smallest absolute Gasteiger partial charge is 0.164 e. The van der Waals surface area contributed by atoms with Gasteiger partial charge in [0.25, 0.3) is 0 Å². The van der Waals surface area contributed by atoms with Crippen molar-refractivity contribution < 1.29 is 8.42 Å². The molecule has 0 unspecified atom stereocenters. The highest BCUT2D eigenvalue weighted by Gasteiger charge is 2.28. The Bertz CT molecular complexity index is 473. The molecule has 1 heterocycles. The predicted octanol–water partition coefficient (Wildman–Crippen LogP) is 0.601. The SMILES string of the molecule is CCNCc1ncn(CCS(=O)(=O)C(C)(C)C)n1. The maximum atomic E-state index is 11.9. The summed E-state index contributed by atoms with van der Waals surface area (Å²) in [5.41, 5.74) is 0. The summed E-state index contributed by atoms with van der Waals surface area (Å²) in [7, 11) is -3.11. The molecule has 0 saturated carbocycles. The van der Waals surface area contributed by atoms with E-state index >= 15 is 0 Å². The molecule has 0 radical (unpaired) electrons. The van der Waals surface area contributed by atoms with Crippen LogP contribution < -0.4 is 5.32 Å². The molecule has 0 aliphatic carbocycles. The zero-order valence-corrected chi connectivity index (χ0v) is 12.3. The van der Waals surface area contributed by atoms with Crippen LogP contribution in [-0.2, 0) is 22.9 Å². The molecule has 0 atom stereocenters. The van der Waals surface area contributed by atoms with E-state index in [1.165, 1.54) is 0 Å². The van der Waals surface area contributed by atoms with Crippen LogP contribution in [0.15, 0.2) is 6.33 Å². The Morgan fingerprint density at radius 3 is 2.61 bits per heavy atom. The van der Waals surface area contributed by atoms with Crippen molar-refractivity contribution in [3.8, 4) is 0 Å².